The Morgan fingerprint density at radius 3 is 2.88 bits per heavy atom. The second kappa shape index (κ2) is 7.25. The lowest BCUT2D eigenvalue weighted by Crippen LogP contribution is -2.52. The average molecular weight is 229 g/mol. The molecule has 0 radical (unpaired) electrons. The SMILES string of the molecule is CCCOCCNC1(CO)CCCC(C)C1. The molecule has 2 N–H and O–H groups in total. The van der Waals surface area contributed by atoms with Gasteiger partial charge in [-0.2, -0.15) is 0 Å². The zero-order valence-corrected chi connectivity index (χ0v) is 10.8. The first-order valence-corrected chi connectivity index (χ1v) is 6.66. The van der Waals surface area contributed by atoms with E-state index in [9.17, 15) is 5.11 Å². The third kappa shape index (κ3) is 4.40. The maximum Gasteiger partial charge on any atom is 0.0613 e. The largest absolute Gasteiger partial charge is 0.394 e. The predicted molar refractivity (Wildman–Crippen MR) is 66.6 cm³/mol. The quantitative estimate of drug-likeness (QED) is 0.656. The summed E-state index contributed by atoms with van der Waals surface area (Å²) < 4.78 is 5.45. The first kappa shape index (κ1) is 13.9. The Morgan fingerprint density at radius 2 is 2.25 bits per heavy atom. The fourth-order valence-electron chi connectivity index (χ4n) is 2.65. The Balaban J connectivity index is 2.24. The third-order valence-corrected chi connectivity index (χ3v) is 3.49. The highest BCUT2D eigenvalue weighted by Crippen LogP contribution is 2.31. The van der Waals surface area contributed by atoms with Gasteiger partial charge in [0.2, 0.25) is 0 Å². The van der Waals surface area contributed by atoms with Gasteiger partial charge < -0.3 is 15.2 Å². The molecular formula is C13H27NO2. The molecule has 3 nitrogen and oxygen atoms in total. The summed E-state index contributed by atoms with van der Waals surface area (Å²) in [6, 6.07) is 0. The van der Waals surface area contributed by atoms with Crippen LogP contribution in [0.25, 0.3) is 0 Å². The van der Waals surface area contributed by atoms with Crippen LogP contribution in [0, 0.1) is 5.92 Å². The topological polar surface area (TPSA) is 41.5 Å². The molecule has 1 fully saturated rings. The summed E-state index contributed by atoms with van der Waals surface area (Å²) in [6.07, 6.45) is 5.79. The first-order valence-electron chi connectivity index (χ1n) is 6.66. The van der Waals surface area contributed by atoms with Crippen LogP contribution in [0.3, 0.4) is 0 Å². The fraction of sp³-hybridized carbons (Fsp3) is 1.00. The highest BCUT2D eigenvalue weighted by Gasteiger charge is 2.33. The van der Waals surface area contributed by atoms with Crippen molar-refractivity contribution in [2.75, 3.05) is 26.4 Å². The summed E-state index contributed by atoms with van der Waals surface area (Å²) in [6.45, 7) is 7.09. The van der Waals surface area contributed by atoms with Gasteiger partial charge in [-0.1, -0.05) is 26.7 Å². The Labute approximate surface area is 99.6 Å². The van der Waals surface area contributed by atoms with Crippen LogP contribution in [0.2, 0.25) is 0 Å². The zero-order chi connectivity index (χ0) is 11.9. The molecule has 0 aromatic rings. The Morgan fingerprint density at radius 1 is 1.44 bits per heavy atom. The number of ether oxygens (including phenoxy) is 1. The van der Waals surface area contributed by atoms with Crippen LogP contribution in [-0.2, 0) is 4.74 Å². The lowest BCUT2D eigenvalue weighted by atomic mass is 9.77. The Bertz CT molecular complexity index is 187. The minimum Gasteiger partial charge on any atom is -0.394 e. The van der Waals surface area contributed by atoms with Crippen molar-refractivity contribution in [1.29, 1.82) is 0 Å². The van der Waals surface area contributed by atoms with Gasteiger partial charge in [0.05, 0.1) is 13.2 Å². The average Bonchev–Trinajstić information content (AvgIpc) is 2.29. The van der Waals surface area contributed by atoms with Crippen LogP contribution < -0.4 is 5.32 Å². The zero-order valence-electron chi connectivity index (χ0n) is 10.8. The molecular weight excluding hydrogens is 202 g/mol. The van der Waals surface area contributed by atoms with E-state index in [-0.39, 0.29) is 12.1 Å². The summed E-state index contributed by atoms with van der Waals surface area (Å²) in [4.78, 5) is 0. The minimum atomic E-state index is -0.0345. The van der Waals surface area contributed by atoms with Crippen molar-refractivity contribution in [2.45, 2.75) is 51.5 Å². The van der Waals surface area contributed by atoms with Gasteiger partial charge in [-0.3, -0.25) is 0 Å². The number of hydrogen-bond donors (Lipinski definition) is 2. The van der Waals surface area contributed by atoms with E-state index in [0.717, 1.165) is 44.9 Å². The van der Waals surface area contributed by atoms with Gasteiger partial charge in [0.1, 0.15) is 0 Å². The van der Waals surface area contributed by atoms with Gasteiger partial charge >= 0.3 is 0 Å². The molecule has 2 atom stereocenters. The first-order chi connectivity index (χ1) is 7.72. The van der Waals surface area contributed by atoms with E-state index in [2.05, 4.69) is 19.2 Å². The lowest BCUT2D eigenvalue weighted by Gasteiger charge is -2.39. The van der Waals surface area contributed by atoms with Gasteiger partial charge in [-0.25, -0.2) is 0 Å². The van der Waals surface area contributed by atoms with Crippen molar-refractivity contribution in [3.8, 4) is 0 Å². The molecule has 0 aromatic carbocycles. The van der Waals surface area contributed by atoms with Crippen LogP contribution in [0.4, 0.5) is 0 Å². The molecule has 0 heterocycles. The lowest BCUT2D eigenvalue weighted by molar-refractivity contribution is 0.0800. The number of nitrogens with one attached hydrogen (secondary N) is 1. The van der Waals surface area contributed by atoms with Crippen molar-refractivity contribution < 1.29 is 9.84 Å². The molecule has 1 rings (SSSR count). The van der Waals surface area contributed by atoms with Crippen LogP contribution in [0.5, 0.6) is 0 Å². The van der Waals surface area contributed by atoms with Gasteiger partial charge in [0.25, 0.3) is 0 Å². The molecule has 0 aromatic heterocycles. The maximum atomic E-state index is 9.56. The van der Waals surface area contributed by atoms with Crippen LogP contribution in [0.1, 0.15) is 46.0 Å². The van der Waals surface area contributed by atoms with Crippen molar-refractivity contribution in [3.05, 3.63) is 0 Å². The third-order valence-electron chi connectivity index (χ3n) is 3.49. The summed E-state index contributed by atoms with van der Waals surface area (Å²) in [7, 11) is 0. The van der Waals surface area contributed by atoms with E-state index in [1.54, 1.807) is 0 Å². The van der Waals surface area contributed by atoms with Crippen molar-refractivity contribution in [3.63, 3.8) is 0 Å². The minimum absolute atomic E-state index is 0.0345. The summed E-state index contributed by atoms with van der Waals surface area (Å²) in [5, 5.41) is 13.1. The molecule has 0 aliphatic heterocycles. The van der Waals surface area contributed by atoms with Crippen LogP contribution >= 0.6 is 0 Å². The molecule has 0 spiro atoms. The highest BCUT2D eigenvalue weighted by atomic mass is 16.5. The van der Waals surface area contributed by atoms with E-state index in [1.165, 1.54) is 12.8 Å². The number of aliphatic hydroxyl groups is 1. The number of hydrogen-bond acceptors (Lipinski definition) is 3. The molecule has 1 saturated carbocycles. The van der Waals surface area contributed by atoms with Crippen molar-refractivity contribution in [1.82, 2.24) is 5.32 Å². The van der Waals surface area contributed by atoms with Gasteiger partial charge in [-0.15, -0.1) is 0 Å². The normalized spacial score (nSPS) is 30.6. The Hall–Kier alpha value is -0.120. The molecule has 0 bridgehead atoms. The van der Waals surface area contributed by atoms with Crippen LogP contribution in [-0.4, -0.2) is 37.0 Å². The van der Waals surface area contributed by atoms with E-state index in [0.29, 0.717) is 0 Å². The number of aliphatic hydroxyl groups excluding tert-OH is 1. The predicted octanol–water partition coefficient (Wildman–Crippen LogP) is 1.94. The summed E-state index contributed by atoms with van der Waals surface area (Å²) >= 11 is 0. The second-order valence-corrected chi connectivity index (χ2v) is 5.18. The monoisotopic (exact) mass is 229 g/mol. The molecule has 0 amide bonds. The maximum absolute atomic E-state index is 9.56. The highest BCUT2D eigenvalue weighted by molar-refractivity contribution is 4.92. The molecule has 16 heavy (non-hydrogen) atoms. The molecule has 1 aliphatic carbocycles. The van der Waals surface area contributed by atoms with Gasteiger partial charge in [0.15, 0.2) is 0 Å². The van der Waals surface area contributed by atoms with E-state index >= 15 is 0 Å². The summed E-state index contributed by atoms with van der Waals surface area (Å²) in [5.74, 6) is 0.727. The van der Waals surface area contributed by atoms with Gasteiger partial charge in [0, 0.05) is 18.7 Å². The van der Waals surface area contributed by atoms with Crippen molar-refractivity contribution in [2.24, 2.45) is 5.92 Å². The van der Waals surface area contributed by atoms with Crippen molar-refractivity contribution >= 4 is 0 Å². The van der Waals surface area contributed by atoms with Gasteiger partial charge in [-0.05, 0) is 25.2 Å². The van der Waals surface area contributed by atoms with Crippen LogP contribution in [0.15, 0.2) is 0 Å². The molecule has 2 unspecified atom stereocenters. The fourth-order valence-corrected chi connectivity index (χ4v) is 2.65. The molecule has 0 saturated heterocycles. The molecule has 96 valence electrons. The molecule has 3 heteroatoms. The molecule has 1 aliphatic rings. The number of rotatable bonds is 7. The standard InChI is InChI=1S/C13H27NO2/c1-3-8-16-9-7-14-13(11-15)6-4-5-12(2)10-13/h12,14-15H,3-11H2,1-2H3. The van der Waals surface area contributed by atoms with E-state index in [4.69, 9.17) is 4.74 Å². The Kier molecular flexibility index (Phi) is 6.32. The van der Waals surface area contributed by atoms with E-state index in [1.807, 2.05) is 0 Å². The second-order valence-electron chi connectivity index (χ2n) is 5.18. The van der Waals surface area contributed by atoms with E-state index < -0.39 is 0 Å². The smallest absolute Gasteiger partial charge is 0.0613 e. The summed E-state index contributed by atoms with van der Waals surface area (Å²) in [5.41, 5.74) is -0.0345.